The van der Waals surface area contributed by atoms with E-state index in [0.717, 1.165) is 42.5 Å². The van der Waals surface area contributed by atoms with Crippen LogP contribution in [0.5, 0.6) is 11.9 Å². The largest absolute Gasteiger partial charge is 0.472 e. The van der Waals surface area contributed by atoms with Crippen LogP contribution in [0.1, 0.15) is 38.2 Å². The number of benzene rings is 2. The Hall–Kier alpha value is -3.43. The van der Waals surface area contributed by atoms with Gasteiger partial charge in [0.05, 0.1) is 26.7 Å². The molecule has 3 saturated heterocycles. The number of anilines is 1. The Morgan fingerprint density at radius 2 is 2.00 bits per heavy atom. The zero-order valence-corrected chi connectivity index (χ0v) is 24.3. The Labute approximate surface area is 251 Å². The van der Waals surface area contributed by atoms with Gasteiger partial charge in [0.25, 0.3) is 0 Å². The van der Waals surface area contributed by atoms with Gasteiger partial charge in [0.15, 0.2) is 10.9 Å². The molecule has 0 aliphatic carbocycles. The Kier molecular flexibility index (Phi) is 7.05. The van der Waals surface area contributed by atoms with Crippen LogP contribution in [0.25, 0.3) is 32.2 Å². The fraction of sp³-hybridized carbons (Fsp3) is 0.483. The molecule has 4 aromatic rings. The summed E-state index contributed by atoms with van der Waals surface area (Å²) in [5.41, 5.74) is 2.03. The van der Waals surface area contributed by atoms with E-state index in [0.29, 0.717) is 19.4 Å². The van der Waals surface area contributed by atoms with Crippen molar-refractivity contribution in [1.29, 1.82) is 0 Å². The number of thiazole rings is 1. The number of rotatable bonds is 6. The number of hydrogen-bond acceptors (Lipinski definition) is 9. The molecule has 3 aliphatic rings. The highest BCUT2D eigenvalue weighted by Crippen LogP contribution is 2.46. The van der Waals surface area contributed by atoms with Gasteiger partial charge in [0.1, 0.15) is 30.2 Å². The SMILES string of the molecule is CC1NCCC1Oc1nc(OCC23CCCN2CC(F)C3)nc2c(F)c(-c3ccc(F)c4sc(N)nc34)c(C(F)(F)F)cc12. The Bertz CT molecular complexity index is 1770. The van der Waals surface area contributed by atoms with Gasteiger partial charge in [-0.05, 0) is 57.5 Å². The van der Waals surface area contributed by atoms with Crippen molar-refractivity contribution < 1.29 is 35.8 Å². The lowest BCUT2D eigenvalue weighted by Crippen LogP contribution is -2.43. The van der Waals surface area contributed by atoms with E-state index in [1.165, 1.54) is 0 Å². The minimum atomic E-state index is -5.03. The van der Waals surface area contributed by atoms with E-state index in [4.69, 9.17) is 15.2 Å². The molecular weight excluding hydrogens is 610 g/mol. The lowest BCUT2D eigenvalue weighted by molar-refractivity contribution is -0.137. The second-order valence-electron chi connectivity index (χ2n) is 11.7. The van der Waals surface area contributed by atoms with Crippen LogP contribution in [-0.4, -0.2) is 69.9 Å². The lowest BCUT2D eigenvalue weighted by Gasteiger charge is -2.30. The third kappa shape index (κ3) is 4.88. The minimum absolute atomic E-state index is 0.0194. The van der Waals surface area contributed by atoms with Crippen LogP contribution in [0.4, 0.5) is 31.5 Å². The summed E-state index contributed by atoms with van der Waals surface area (Å²) in [4.78, 5) is 14.6. The van der Waals surface area contributed by atoms with Crippen molar-refractivity contribution in [2.45, 2.75) is 62.6 Å². The Balaban J connectivity index is 1.41. The number of nitrogens with one attached hydrogen (secondary N) is 1. The monoisotopic (exact) mass is 638 g/mol. The minimum Gasteiger partial charge on any atom is -0.472 e. The van der Waals surface area contributed by atoms with Gasteiger partial charge in [0, 0.05) is 30.1 Å². The van der Waals surface area contributed by atoms with E-state index in [9.17, 15) is 22.0 Å². The van der Waals surface area contributed by atoms with Gasteiger partial charge < -0.3 is 20.5 Å². The van der Waals surface area contributed by atoms with E-state index >= 15 is 4.39 Å². The average Bonchev–Trinajstić information content (AvgIpc) is 3.72. The summed E-state index contributed by atoms with van der Waals surface area (Å²) in [5, 5.41) is 2.82. The fourth-order valence-electron chi connectivity index (χ4n) is 6.80. The highest BCUT2D eigenvalue weighted by molar-refractivity contribution is 7.22. The number of nitrogens with two attached hydrogens (primary N) is 1. The first-order chi connectivity index (χ1) is 20.9. The number of fused-ring (bicyclic) bond motifs is 3. The number of ether oxygens (including phenoxy) is 2. The van der Waals surface area contributed by atoms with Crippen LogP contribution < -0.4 is 20.5 Å². The predicted octanol–water partition coefficient (Wildman–Crippen LogP) is 5.87. The third-order valence-corrected chi connectivity index (χ3v) is 9.80. The normalized spacial score (nSPS) is 25.8. The van der Waals surface area contributed by atoms with Gasteiger partial charge in [-0.3, -0.25) is 4.90 Å². The first-order valence-corrected chi connectivity index (χ1v) is 15.1. The van der Waals surface area contributed by atoms with Gasteiger partial charge in [-0.1, -0.05) is 11.3 Å². The number of nitrogen functional groups attached to an aromatic ring is 1. The number of hydrogen-bond donors (Lipinski definition) is 2. The zero-order chi connectivity index (χ0) is 31.0. The molecule has 0 radical (unpaired) electrons. The van der Waals surface area contributed by atoms with E-state index in [1.807, 2.05) is 11.8 Å². The molecule has 7 rings (SSSR count). The molecule has 3 N–H and O–H groups in total. The molecule has 4 unspecified atom stereocenters. The number of nitrogens with zero attached hydrogens (tertiary/aromatic N) is 4. The van der Waals surface area contributed by atoms with Gasteiger partial charge in [-0.15, -0.1) is 0 Å². The van der Waals surface area contributed by atoms with Gasteiger partial charge in [-0.25, -0.2) is 18.2 Å². The molecule has 0 amide bonds. The van der Waals surface area contributed by atoms with E-state index in [-0.39, 0.29) is 63.8 Å². The third-order valence-electron chi connectivity index (χ3n) is 8.91. The Morgan fingerprint density at radius 3 is 2.75 bits per heavy atom. The number of halogens is 6. The number of aromatic nitrogens is 3. The van der Waals surface area contributed by atoms with Crippen LogP contribution in [0.15, 0.2) is 18.2 Å². The summed E-state index contributed by atoms with van der Waals surface area (Å²) >= 11 is 0.745. The second kappa shape index (κ2) is 10.6. The highest BCUT2D eigenvalue weighted by Gasteiger charge is 2.49. The van der Waals surface area contributed by atoms with Gasteiger partial charge >= 0.3 is 12.2 Å². The summed E-state index contributed by atoms with van der Waals surface area (Å²) in [6.07, 6.45) is -4.14. The topological polar surface area (TPSA) is 98.4 Å². The predicted molar refractivity (Wildman–Crippen MR) is 153 cm³/mol. The van der Waals surface area contributed by atoms with Crippen molar-refractivity contribution in [3.05, 3.63) is 35.4 Å². The maximum Gasteiger partial charge on any atom is 0.417 e. The highest BCUT2D eigenvalue weighted by atomic mass is 32.1. The van der Waals surface area contributed by atoms with Crippen molar-refractivity contribution in [2.75, 3.05) is 32.0 Å². The fourth-order valence-corrected chi connectivity index (χ4v) is 7.57. The van der Waals surface area contributed by atoms with Crippen molar-refractivity contribution in [3.8, 4) is 23.0 Å². The molecule has 8 nitrogen and oxygen atoms in total. The van der Waals surface area contributed by atoms with Gasteiger partial charge in [0.2, 0.25) is 5.88 Å². The molecule has 2 aromatic heterocycles. The second-order valence-corrected chi connectivity index (χ2v) is 12.7. The van der Waals surface area contributed by atoms with Crippen molar-refractivity contribution in [2.24, 2.45) is 0 Å². The average molecular weight is 639 g/mol. The Morgan fingerprint density at radius 1 is 1.18 bits per heavy atom. The molecule has 0 spiro atoms. The zero-order valence-electron chi connectivity index (χ0n) is 23.5. The first kappa shape index (κ1) is 29.3. The van der Waals surface area contributed by atoms with Crippen molar-refractivity contribution >= 4 is 37.6 Å². The standard InChI is InChI=1S/C29H28F6N6O2S/c1-13-19(5-7-37-13)43-25-16-9-17(29(33,34)35)20(15-3-4-18(31)24-23(15)38-26(36)44-24)21(32)22(16)39-27(40-25)42-12-28-6-2-8-41(28)11-14(30)10-28/h3-4,9,13-14,19,37H,2,5-8,10-12H2,1H3,(H2,36,38). The molecule has 3 fully saturated rings. The van der Waals surface area contributed by atoms with Crippen LogP contribution in [0.2, 0.25) is 0 Å². The molecule has 3 aliphatic heterocycles. The van der Waals surface area contributed by atoms with Gasteiger partial charge in [-0.2, -0.15) is 23.1 Å². The summed E-state index contributed by atoms with van der Waals surface area (Å²) in [6.45, 7) is 3.50. The summed E-state index contributed by atoms with van der Waals surface area (Å²) in [6, 6.07) is 2.28. The quantitative estimate of drug-likeness (QED) is 0.253. The number of alkyl halides is 4. The van der Waals surface area contributed by atoms with Crippen molar-refractivity contribution in [1.82, 2.24) is 25.2 Å². The lowest BCUT2D eigenvalue weighted by atomic mass is 9.95. The smallest absolute Gasteiger partial charge is 0.417 e. The van der Waals surface area contributed by atoms with E-state index in [1.54, 1.807) is 0 Å². The van der Waals surface area contributed by atoms with Crippen LogP contribution in [-0.2, 0) is 6.18 Å². The molecule has 2 aromatic carbocycles. The molecule has 15 heteroatoms. The van der Waals surface area contributed by atoms with Crippen LogP contribution >= 0.6 is 11.3 Å². The maximum absolute atomic E-state index is 16.6. The van der Waals surface area contributed by atoms with E-state index < -0.39 is 52.3 Å². The summed E-state index contributed by atoms with van der Waals surface area (Å²) in [7, 11) is 0. The molecule has 4 atom stereocenters. The molecule has 0 bridgehead atoms. The maximum atomic E-state index is 16.6. The molecule has 0 saturated carbocycles. The molecule has 5 heterocycles. The molecular formula is C29H28F6N6O2S. The summed E-state index contributed by atoms with van der Waals surface area (Å²) < 4.78 is 101. The first-order valence-electron chi connectivity index (χ1n) is 14.3. The molecule has 44 heavy (non-hydrogen) atoms. The van der Waals surface area contributed by atoms with Crippen LogP contribution in [0.3, 0.4) is 0 Å². The van der Waals surface area contributed by atoms with Crippen LogP contribution in [0, 0.1) is 11.6 Å². The summed E-state index contributed by atoms with van der Waals surface area (Å²) in [5.74, 6) is -2.34. The van der Waals surface area contributed by atoms with Crippen molar-refractivity contribution in [3.63, 3.8) is 0 Å². The molecule has 234 valence electrons. The van der Waals surface area contributed by atoms with E-state index in [2.05, 4.69) is 20.3 Å².